The van der Waals surface area contributed by atoms with Gasteiger partial charge in [-0.15, -0.1) is 11.3 Å². The van der Waals surface area contributed by atoms with Crippen LogP contribution >= 0.6 is 11.3 Å². The first kappa shape index (κ1) is 18.8. The smallest absolute Gasteiger partial charge is 0.252 e. The molecule has 1 atom stereocenters. The predicted octanol–water partition coefficient (Wildman–Crippen LogP) is 0.342. The van der Waals surface area contributed by atoms with E-state index >= 15 is 0 Å². The number of rotatable bonds is 7. The van der Waals surface area contributed by atoms with Crippen LogP contribution < -0.4 is 10.5 Å². The molecule has 7 nitrogen and oxygen atoms in total. The largest absolute Gasteiger partial charge is 0.327 e. The van der Waals surface area contributed by atoms with Crippen LogP contribution in [0.3, 0.4) is 0 Å². The minimum absolute atomic E-state index is 0.0340. The molecule has 0 spiro atoms. The first-order valence-electron chi connectivity index (χ1n) is 7.56. The summed E-state index contributed by atoms with van der Waals surface area (Å²) >= 11 is 1.19. The van der Waals surface area contributed by atoms with Crippen molar-refractivity contribution in [2.45, 2.75) is 36.4 Å². The van der Waals surface area contributed by atoms with Crippen LogP contribution in [-0.4, -0.2) is 52.6 Å². The van der Waals surface area contributed by atoms with Crippen molar-refractivity contribution >= 4 is 31.4 Å². The van der Waals surface area contributed by atoms with Gasteiger partial charge in [0.1, 0.15) is 4.21 Å². The third kappa shape index (κ3) is 4.97. The van der Waals surface area contributed by atoms with Crippen molar-refractivity contribution in [3.8, 4) is 0 Å². The normalized spacial score (nSPS) is 20.7. The molecule has 1 aromatic rings. The van der Waals surface area contributed by atoms with Crippen LogP contribution in [0.5, 0.6) is 0 Å². The van der Waals surface area contributed by atoms with Gasteiger partial charge in [0.2, 0.25) is 10.0 Å². The van der Waals surface area contributed by atoms with Crippen LogP contribution in [0.15, 0.2) is 16.3 Å². The van der Waals surface area contributed by atoms with Gasteiger partial charge in [0, 0.05) is 30.6 Å². The summed E-state index contributed by atoms with van der Waals surface area (Å²) in [7, 11) is -6.72. The van der Waals surface area contributed by atoms with Gasteiger partial charge in [0.25, 0.3) is 10.0 Å². The summed E-state index contributed by atoms with van der Waals surface area (Å²) in [5.74, 6) is 0.0340. The quantitative estimate of drug-likeness (QED) is 0.708. The number of nitrogens with zero attached hydrogens (tertiary/aromatic N) is 1. The molecule has 132 valence electrons. The van der Waals surface area contributed by atoms with Gasteiger partial charge in [-0.3, -0.25) is 0 Å². The van der Waals surface area contributed by atoms with E-state index in [-0.39, 0.29) is 18.3 Å². The van der Waals surface area contributed by atoms with Crippen molar-refractivity contribution in [2.24, 2.45) is 5.73 Å². The summed E-state index contributed by atoms with van der Waals surface area (Å²) in [5.41, 5.74) is 5.86. The highest BCUT2D eigenvalue weighted by atomic mass is 32.2. The SMILES string of the molecule is CCS(=O)(=O)NCCc1ccc(S(=O)(=O)N2CCCC(N)C2)s1. The maximum absolute atomic E-state index is 12.6. The van der Waals surface area contributed by atoms with E-state index in [0.717, 1.165) is 17.7 Å². The Balaban J connectivity index is 2.00. The highest BCUT2D eigenvalue weighted by molar-refractivity contribution is 7.91. The average Bonchev–Trinajstić information content (AvgIpc) is 2.97. The third-order valence-corrected chi connectivity index (χ3v) is 8.61. The second kappa shape index (κ2) is 7.58. The van der Waals surface area contributed by atoms with Gasteiger partial charge in [-0.05, 0) is 38.3 Å². The second-order valence-electron chi connectivity index (χ2n) is 5.53. The Labute approximate surface area is 142 Å². The van der Waals surface area contributed by atoms with E-state index in [1.165, 1.54) is 15.6 Å². The lowest BCUT2D eigenvalue weighted by molar-refractivity contribution is 0.316. The zero-order valence-corrected chi connectivity index (χ0v) is 15.5. The topological polar surface area (TPSA) is 110 Å². The van der Waals surface area contributed by atoms with Crippen molar-refractivity contribution < 1.29 is 16.8 Å². The van der Waals surface area contributed by atoms with Crippen molar-refractivity contribution in [1.82, 2.24) is 9.03 Å². The van der Waals surface area contributed by atoms with E-state index in [9.17, 15) is 16.8 Å². The van der Waals surface area contributed by atoms with E-state index < -0.39 is 20.0 Å². The fraction of sp³-hybridized carbons (Fsp3) is 0.692. The Hall–Kier alpha value is -0.520. The van der Waals surface area contributed by atoms with E-state index in [2.05, 4.69) is 4.72 Å². The number of piperidine rings is 1. The molecule has 0 aliphatic carbocycles. The summed E-state index contributed by atoms with van der Waals surface area (Å²) in [4.78, 5) is 0.837. The molecule has 2 rings (SSSR count). The Morgan fingerprint density at radius 1 is 1.35 bits per heavy atom. The van der Waals surface area contributed by atoms with E-state index in [1.54, 1.807) is 19.1 Å². The number of sulfonamides is 2. The zero-order valence-electron chi connectivity index (χ0n) is 13.1. The number of nitrogens with two attached hydrogens (primary N) is 1. The number of hydrogen-bond acceptors (Lipinski definition) is 6. The van der Waals surface area contributed by atoms with Gasteiger partial charge in [0.05, 0.1) is 5.75 Å². The molecule has 10 heteroatoms. The Kier molecular flexibility index (Phi) is 6.20. The lowest BCUT2D eigenvalue weighted by Crippen LogP contribution is -2.45. The lowest BCUT2D eigenvalue weighted by atomic mass is 10.1. The summed E-state index contributed by atoms with van der Waals surface area (Å²) in [6.45, 7) is 2.69. The van der Waals surface area contributed by atoms with E-state index in [0.29, 0.717) is 23.7 Å². The molecule has 0 amide bonds. The van der Waals surface area contributed by atoms with Gasteiger partial charge in [0.15, 0.2) is 0 Å². The third-order valence-electron chi connectivity index (χ3n) is 3.73. The van der Waals surface area contributed by atoms with E-state index in [1.807, 2.05) is 0 Å². The molecule has 1 aromatic heterocycles. The van der Waals surface area contributed by atoms with E-state index in [4.69, 9.17) is 5.73 Å². The molecular weight excluding hydrogens is 358 g/mol. The first-order valence-corrected chi connectivity index (χ1v) is 11.5. The maximum Gasteiger partial charge on any atom is 0.252 e. The van der Waals surface area contributed by atoms with Crippen molar-refractivity contribution in [1.29, 1.82) is 0 Å². The molecule has 0 radical (unpaired) electrons. The van der Waals surface area contributed by atoms with Crippen molar-refractivity contribution in [3.63, 3.8) is 0 Å². The average molecular weight is 382 g/mol. The molecule has 0 aromatic carbocycles. The van der Waals surface area contributed by atoms with Crippen LogP contribution in [0.2, 0.25) is 0 Å². The maximum atomic E-state index is 12.6. The summed E-state index contributed by atoms with van der Waals surface area (Å²) in [5, 5.41) is 0. The molecule has 1 fully saturated rings. The highest BCUT2D eigenvalue weighted by Gasteiger charge is 2.29. The number of hydrogen-bond donors (Lipinski definition) is 2. The highest BCUT2D eigenvalue weighted by Crippen LogP contribution is 2.27. The van der Waals surface area contributed by atoms with Gasteiger partial charge in [-0.1, -0.05) is 0 Å². The molecule has 1 unspecified atom stereocenters. The van der Waals surface area contributed by atoms with Gasteiger partial charge >= 0.3 is 0 Å². The summed E-state index contributed by atoms with van der Waals surface area (Å²) in [6, 6.07) is 3.22. The molecule has 23 heavy (non-hydrogen) atoms. The fourth-order valence-corrected chi connectivity index (χ4v) is 6.04. The Morgan fingerprint density at radius 2 is 2.09 bits per heavy atom. The molecular formula is C13H23N3O4S3. The van der Waals surface area contributed by atoms with Crippen LogP contribution in [0.1, 0.15) is 24.6 Å². The predicted molar refractivity (Wildman–Crippen MR) is 91.5 cm³/mol. The zero-order chi connectivity index (χ0) is 17.1. The standard InChI is InChI=1S/C13H23N3O4S3/c1-2-22(17,18)15-8-7-12-5-6-13(21-12)23(19,20)16-9-3-4-11(14)10-16/h5-6,11,15H,2-4,7-10,14H2,1H3. The Bertz CT molecular complexity index is 727. The van der Waals surface area contributed by atoms with Gasteiger partial charge in [-0.25, -0.2) is 21.6 Å². The molecule has 1 aliphatic rings. The molecule has 1 saturated heterocycles. The summed E-state index contributed by atoms with van der Waals surface area (Å²) in [6.07, 6.45) is 2.09. The van der Waals surface area contributed by atoms with Gasteiger partial charge in [-0.2, -0.15) is 4.31 Å². The lowest BCUT2D eigenvalue weighted by Gasteiger charge is -2.29. The Morgan fingerprint density at radius 3 is 2.74 bits per heavy atom. The first-order chi connectivity index (χ1) is 10.7. The van der Waals surface area contributed by atoms with Crippen molar-refractivity contribution in [3.05, 3.63) is 17.0 Å². The molecule has 0 bridgehead atoms. The minimum atomic E-state index is -3.50. The number of thiophene rings is 1. The molecule has 0 saturated carbocycles. The molecule has 3 N–H and O–H groups in total. The summed E-state index contributed by atoms with van der Waals surface area (Å²) < 4.78 is 52.1. The number of nitrogens with one attached hydrogen (secondary N) is 1. The van der Waals surface area contributed by atoms with Crippen LogP contribution in [0.4, 0.5) is 0 Å². The fourth-order valence-electron chi connectivity index (χ4n) is 2.38. The van der Waals surface area contributed by atoms with Crippen LogP contribution in [-0.2, 0) is 26.5 Å². The molecule has 1 aliphatic heterocycles. The monoisotopic (exact) mass is 381 g/mol. The second-order valence-corrected chi connectivity index (χ2v) is 11.0. The van der Waals surface area contributed by atoms with Crippen LogP contribution in [0, 0.1) is 0 Å². The van der Waals surface area contributed by atoms with Crippen molar-refractivity contribution in [2.75, 3.05) is 25.4 Å². The minimum Gasteiger partial charge on any atom is -0.327 e. The van der Waals surface area contributed by atoms with Crippen LogP contribution in [0.25, 0.3) is 0 Å². The van der Waals surface area contributed by atoms with Gasteiger partial charge < -0.3 is 5.73 Å². The molecule has 2 heterocycles.